The highest BCUT2D eigenvalue weighted by Gasteiger charge is 2.45. The molecule has 3 aliphatic heterocycles. The number of carbonyl (C=O) groups is 3. The number of benzene rings is 1. The van der Waals surface area contributed by atoms with Crippen LogP contribution in [-0.2, 0) is 14.2 Å². The van der Waals surface area contributed by atoms with Crippen LogP contribution in [0.1, 0.15) is 84.1 Å². The number of thiophene rings is 1. The SMILES string of the molecule is O=C(N[C@H]1CCCC[C@H]2CC[C@@H](C(=O)N3CCC(c4ccncn4)CC3)N2C1=O)c1cc2cc(C(F)P(=O)(O)O)ccc2s1. The van der Waals surface area contributed by atoms with E-state index in [4.69, 9.17) is 0 Å². The Bertz CT molecular complexity index is 1590. The van der Waals surface area contributed by atoms with E-state index in [0.29, 0.717) is 40.9 Å². The average Bonchev–Trinajstić information content (AvgIpc) is 3.64. The number of alkyl halides is 1. The number of nitrogens with zero attached hydrogens (tertiary/aromatic N) is 4. The van der Waals surface area contributed by atoms with Crippen molar-refractivity contribution in [2.45, 2.75) is 81.3 Å². The van der Waals surface area contributed by atoms with Gasteiger partial charge in [0, 0.05) is 41.6 Å². The summed E-state index contributed by atoms with van der Waals surface area (Å²) in [4.78, 5) is 71.8. The van der Waals surface area contributed by atoms with Crippen molar-refractivity contribution in [2.24, 2.45) is 0 Å². The van der Waals surface area contributed by atoms with Crippen LogP contribution >= 0.6 is 18.9 Å². The van der Waals surface area contributed by atoms with Crippen molar-refractivity contribution in [3.8, 4) is 0 Å². The quantitative estimate of drug-likeness (QED) is 0.337. The molecule has 3 N–H and O–H groups in total. The molecule has 3 fully saturated rings. The number of aromatic nitrogens is 2. The van der Waals surface area contributed by atoms with E-state index in [9.17, 15) is 33.1 Å². The first-order valence-corrected chi connectivity index (χ1v) is 17.5. The molecule has 234 valence electrons. The molecular formula is C30H35FN5O6PS. The summed E-state index contributed by atoms with van der Waals surface area (Å²) in [6.07, 6.45) is 9.17. The smallest absolute Gasteiger partial charge is 0.341 e. The monoisotopic (exact) mass is 643 g/mol. The Balaban J connectivity index is 1.14. The van der Waals surface area contributed by atoms with Gasteiger partial charge in [0.25, 0.3) is 5.91 Å². The standard InChI is InChI=1S/C30H35FN5O6PS/c31-27(43(40,41)42)19-5-8-25-20(15-19)16-26(44-25)28(37)34-23-4-2-1-3-21-6-7-24(36(21)29(23)38)30(39)35-13-10-18(11-14-35)22-9-12-32-17-33-22/h5,8-9,12,15-18,21,23-24,27H,1-4,6-7,10-11,13-14H2,(H,34,37)(H2,40,41,42)/t21-,23-,24-,27?/m0/s1. The third-order valence-electron chi connectivity index (χ3n) is 9.09. The summed E-state index contributed by atoms with van der Waals surface area (Å²) in [5.41, 5.74) is 0.817. The lowest BCUT2D eigenvalue weighted by molar-refractivity contribution is -0.147. The van der Waals surface area contributed by atoms with Gasteiger partial charge in [-0.05, 0) is 73.7 Å². The molecule has 1 unspecified atom stereocenters. The van der Waals surface area contributed by atoms with Crippen LogP contribution < -0.4 is 5.32 Å². The second-order valence-corrected chi connectivity index (χ2v) is 14.6. The molecule has 0 radical (unpaired) electrons. The van der Waals surface area contributed by atoms with E-state index >= 15 is 0 Å². The fraction of sp³-hybridized carbons (Fsp3) is 0.500. The normalized spacial score (nSPS) is 24.1. The van der Waals surface area contributed by atoms with Crippen molar-refractivity contribution in [3.05, 3.63) is 59.0 Å². The largest absolute Gasteiger partial charge is 0.363 e. The first-order chi connectivity index (χ1) is 21.1. The molecule has 2 aromatic heterocycles. The lowest BCUT2D eigenvalue weighted by Gasteiger charge is -2.38. The maximum Gasteiger partial charge on any atom is 0.363 e. The van der Waals surface area contributed by atoms with Crippen LogP contribution in [0.15, 0.2) is 42.9 Å². The zero-order chi connectivity index (χ0) is 31.0. The van der Waals surface area contributed by atoms with Gasteiger partial charge in [0.1, 0.15) is 18.4 Å². The zero-order valence-corrected chi connectivity index (χ0v) is 25.8. The van der Waals surface area contributed by atoms with E-state index in [1.807, 2.05) is 11.0 Å². The summed E-state index contributed by atoms with van der Waals surface area (Å²) in [6, 6.07) is 6.23. The first kappa shape index (κ1) is 30.8. The third kappa shape index (κ3) is 6.28. The van der Waals surface area contributed by atoms with Gasteiger partial charge in [-0.1, -0.05) is 18.9 Å². The van der Waals surface area contributed by atoms with Gasteiger partial charge in [-0.2, -0.15) is 0 Å². The van der Waals surface area contributed by atoms with Crippen LogP contribution in [-0.4, -0.2) is 78.5 Å². The fourth-order valence-electron chi connectivity index (χ4n) is 6.80. The number of hydrogen-bond donors (Lipinski definition) is 3. The minimum atomic E-state index is -4.97. The lowest BCUT2D eigenvalue weighted by Crippen LogP contribution is -2.57. The molecule has 14 heteroatoms. The number of halogens is 1. The fourth-order valence-corrected chi connectivity index (χ4v) is 8.30. The summed E-state index contributed by atoms with van der Waals surface area (Å²) in [5, 5.41) is 3.37. The molecule has 44 heavy (non-hydrogen) atoms. The van der Waals surface area contributed by atoms with Crippen LogP contribution in [0.4, 0.5) is 4.39 Å². The van der Waals surface area contributed by atoms with Crippen molar-refractivity contribution >= 4 is 46.7 Å². The van der Waals surface area contributed by atoms with Gasteiger partial charge in [-0.3, -0.25) is 18.9 Å². The van der Waals surface area contributed by atoms with E-state index in [-0.39, 0.29) is 29.3 Å². The molecule has 1 aromatic carbocycles. The number of amides is 3. The summed E-state index contributed by atoms with van der Waals surface area (Å²) in [5.74, 6) is -2.91. The Morgan fingerprint density at radius 3 is 2.55 bits per heavy atom. The highest BCUT2D eigenvalue weighted by atomic mass is 32.1. The van der Waals surface area contributed by atoms with E-state index in [0.717, 1.165) is 55.6 Å². The summed E-state index contributed by atoms with van der Waals surface area (Å²) >= 11 is 1.15. The molecule has 3 saturated heterocycles. The molecule has 6 rings (SSSR count). The molecule has 4 atom stereocenters. The van der Waals surface area contributed by atoms with E-state index in [1.54, 1.807) is 17.4 Å². The number of piperidine rings is 1. The molecule has 0 bridgehead atoms. The second kappa shape index (κ2) is 12.6. The van der Waals surface area contributed by atoms with Crippen molar-refractivity contribution in [1.82, 2.24) is 25.1 Å². The lowest BCUT2D eigenvalue weighted by atomic mass is 9.93. The Morgan fingerprint density at radius 2 is 1.82 bits per heavy atom. The van der Waals surface area contributed by atoms with Crippen LogP contribution in [0.3, 0.4) is 0 Å². The number of hydrogen-bond acceptors (Lipinski definition) is 7. The Morgan fingerprint density at radius 1 is 1.05 bits per heavy atom. The summed E-state index contributed by atoms with van der Waals surface area (Å²) in [6.45, 7) is 1.20. The Hall–Kier alpha value is -3.25. The number of likely N-dealkylation sites (tertiary alicyclic amines) is 1. The molecule has 0 aliphatic carbocycles. The number of carbonyl (C=O) groups excluding carboxylic acids is 3. The molecule has 0 saturated carbocycles. The third-order valence-corrected chi connectivity index (χ3v) is 11.1. The summed E-state index contributed by atoms with van der Waals surface area (Å²) in [7, 11) is -4.97. The molecule has 3 aromatic rings. The van der Waals surface area contributed by atoms with Crippen molar-refractivity contribution < 1.29 is 33.1 Å². The average molecular weight is 644 g/mol. The van der Waals surface area contributed by atoms with E-state index in [1.165, 1.54) is 24.3 Å². The molecule has 3 amide bonds. The minimum absolute atomic E-state index is 0.0329. The maximum atomic E-state index is 14.2. The molecule has 5 heterocycles. The van der Waals surface area contributed by atoms with Gasteiger partial charge in [0.05, 0.1) is 4.88 Å². The molecule has 0 spiro atoms. The zero-order valence-electron chi connectivity index (χ0n) is 24.0. The molecule has 11 nitrogen and oxygen atoms in total. The number of nitrogens with one attached hydrogen (secondary N) is 1. The molecular weight excluding hydrogens is 608 g/mol. The van der Waals surface area contributed by atoms with E-state index < -0.39 is 31.5 Å². The van der Waals surface area contributed by atoms with Gasteiger partial charge in [0.15, 0.2) is 0 Å². The van der Waals surface area contributed by atoms with Crippen LogP contribution in [0, 0.1) is 0 Å². The predicted molar refractivity (Wildman–Crippen MR) is 162 cm³/mol. The van der Waals surface area contributed by atoms with Crippen molar-refractivity contribution in [1.29, 1.82) is 0 Å². The predicted octanol–water partition coefficient (Wildman–Crippen LogP) is 4.28. The van der Waals surface area contributed by atoms with Gasteiger partial charge < -0.3 is 24.9 Å². The van der Waals surface area contributed by atoms with Crippen LogP contribution in [0.5, 0.6) is 0 Å². The Kier molecular flexibility index (Phi) is 8.83. The Labute approximate surface area is 258 Å². The molecule has 3 aliphatic rings. The van der Waals surface area contributed by atoms with Gasteiger partial charge in [-0.15, -0.1) is 11.3 Å². The first-order valence-electron chi connectivity index (χ1n) is 15.0. The topological polar surface area (TPSA) is 153 Å². The number of rotatable bonds is 6. The highest BCUT2D eigenvalue weighted by Crippen LogP contribution is 2.53. The number of fused-ring (bicyclic) bond motifs is 2. The van der Waals surface area contributed by atoms with Crippen LogP contribution in [0.2, 0.25) is 0 Å². The second-order valence-electron chi connectivity index (χ2n) is 11.9. The van der Waals surface area contributed by atoms with Crippen molar-refractivity contribution in [2.75, 3.05) is 13.1 Å². The van der Waals surface area contributed by atoms with Gasteiger partial charge in [0.2, 0.25) is 17.7 Å². The van der Waals surface area contributed by atoms with Gasteiger partial charge in [-0.25, -0.2) is 14.4 Å². The van der Waals surface area contributed by atoms with Crippen molar-refractivity contribution in [3.63, 3.8) is 0 Å². The maximum absolute atomic E-state index is 14.2. The minimum Gasteiger partial charge on any atom is -0.341 e. The highest BCUT2D eigenvalue weighted by molar-refractivity contribution is 7.51. The van der Waals surface area contributed by atoms with Gasteiger partial charge >= 0.3 is 7.60 Å². The van der Waals surface area contributed by atoms with Crippen LogP contribution in [0.25, 0.3) is 10.1 Å². The summed E-state index contributed by atoms with van der Waals surface area (Å²) < 4.78 is 26.3. The van der Waals surface area contributed by atoms with E-state index in [2.05, 4.69) is 15.3 Å².